The first kappa shape index (κ1) is 14.7. The lowest BCUT2D eigenvalue weighted by molar-refractivity contribution is 0.0947. The molecule has 0 aliphatic heterocycles. The highest BCUT2D eigenvalue weighted by atomic mass is 79.9. The van der Waals surface area contributed by atoms with Crippen LogP contribution in [0.3, 0.4) is 0 Å². The van der Waals surface area contributed by atoms with Crippen LogP contribution in [0.1, 0.15) is 16.1 Å². The van der Waals surface area contributed by atoms with Gasteiger partial charge in [0.1, 0.15) is 11.4 Å². The molecule has 1 heterocycles. The van der Waals surface area contributed by atoms with Gasteiger partial charge in [-0.25, -0.2) is 0 Å². The lowest BCUT2D eigenvalue weighted by Crippen LogP contribution is -2.23. The Morgan fingerprint density at radius 1 is 1.23 bits per heavy atom. The zero-order valence-corrected chi connectivity index (χ0v) is 13.6. The third-order valence-corrected chi connectivity index (χ3v) is 3.91. The molecule has 1 amide bonds. The zero-order valence-electron chi connectivity index (χ0n) is 12.0. The summed E-state index contributed by atoms with van der Waals surface area (Å²) in [6.07, 6.45) is 0. The summed E-state index contributed by atoms with van der Waals surface area (Å²) in [6.45, 7) is 0.483. The summed E-state index contributed by atoms with van der Waals surface area (Å²) in [6, 6.07) is 15.3. The van der Waals surface area contributed by atoms with Gasteiger partial charge < -0.3 is 15.0 Å². The normalized spacial score (nSPS) is 10.6. The lowest BCUT2D eigenvalue weighted by atomic mass is 10.2. The van der Waals surface area contributed by atoms with Crippen LogP contribution in [0.4, 0.5) is 0 Å². The van der Waals surface area contributed by atoms with Crippen LogP contribution in [0.2, 0.25) is 0 Å². The largest absolute Gasteiger partial charge is 0.497 e. The zero-order chi connectivity index (χ0) is 15.5. The van der Waals surface area contributed by atoms with Crippen LogP contribution in [0.25, 0.3) is 10.9 Å². The van der Waals surface area contributed by atoms with Crippen molar-refractivity contribution in [3.63, 3.8) is 0 Å². The number of hydrogen-bond donors (Lipinski definition) is 2. The summed E-state index contributed by atoms with van der Waals surface area (Å²) in [4.78, 5) is 15.4. The molecule has 0 fully saturated rings. The quantitative estimate of drug-likeness (QED) is 0.743. The van der Waals surface area contributed by atoms with Crippen molar-refractivity contribution in [2.45, 2.75) is 6.54 Å². The summed E-state index contributed by atoms with van der Waals surface area (Å²) in [7, 11) is 1.62. The van der Waals surface area contributed by atoms with E-state index in [9.17, 15) is 4.79 Å². The first-order valence-electron chi connectivity index (χ1n) is 6.85. The summed E-state index contributed by atoms with van der Waals surface area (Å²) in [5, 5.41) is 3.86. The Bertz CT molecular complexity index is 826. The molecule has 0 atom stereocenters. The van der Waals surface area contributed by atoms with E-state index in [-0.39, 0.29) is 5.91 Å². The summed E-state index contributed by atoms with van der Waals surface area (Å²) in [5.41, 5.74) is 2.49. The van der Waals surface area contributed by atoms with E-state index in [1.54, 1.807) is 7.11 Å². The minimum absolute atomic E-state index is 0.129. The highest BCUT2D eigenvalue weighted by Gasteiger charge is 2.09. The minimum Gasteiger partial charge on any atom is -0.497 e. The maximum atomic E-state index is 12.2. The molecular formula is C17H15BrN2O2. The van der Waals surface area contributed by atoms with Crippen molar-refractivity contribution in [1.29, 1.82) is 0 Å². The van der Waals surface area contributed by atoms with Gasteiger partial charge in [-0.1, -0.05) is 28.1 Å². The van der Waals surface area contributed by atoms with Gasteiger partial charge >= 0.3 is 0 Å². The Morgan fingerprint density at radius 3 is 2.86 bits per heavy atom. The number of carbonyl (C=O) groups excluding carboxylic acids is 1. The predicted octanol–water partition coefficient (Wildman–Crippen LogP) is 3.87. The van der Waals surface area contributed by atoms with E-state index in [0.29, 0.717) is 12.2 Å². The number of aromatic nitrogens is 1. The second-order valence-corrected chi connectivity index (χ2v) is 5.86. The van der Waals surface area contributed by atoms with Crippen molar-refractivity contribution < 1.29 is 9.53 Å². The highest BCUT2D eigenvalue weighted by Crippen LogP contribution is 2.21. The number of hydrogen-bond acceptors (Lipinski definition) is 2. The Morgan fingerprint density at radius 2 is 2.09 bits per heavy atom. The molecule has 2 N–H and O–H groups in total. The van der Waals surface area contributed by atoms with E-state index in [1.807, 2.05) is 48.5 Å². The van der Waals surface area contributed by atoms with E-state index in [4.69, 9.17) is 4.74 Å². The molecule has 5 heteroatoms. The van der Waals surface area contributed by atoms with Gasteiger partial charge in [0.2, 0.25) is 0 Å². The SMILES string of the molecule is COc1ccc2[nH]c(C(=O)NCc3cccc(Br)c3)cc2c1. The van der Waals surface area contributed by atoms with Crippen LogP contribution < -0.4 is 10.1 Å². The first-order valence-corrected chi connectivity index (χ1v) is 7.64. The molecule has 0 unspecified atom stereocenters. The molecule has 0 saturated heterocycles. The minimum atomic E-state index is -0.129. The number of amides is 1. The number of benzene rings is 2. The van der Waals surface area contributed by atoms with Gasteiger partial charge in [-0.3, -0.25) is 4.79 Å². The third kappa shape index (κ3) is 3.14. The van der Waals surface area contributed by atoms with E-state index in [1.165, 1.54) is 0 Å². The summed E-state index contributed by atoms with van der Waals surface area (Å²) in [5.74, 6) is 0.641. The maximum Gasteiger partial charge on any atom is 0.267 e. The number of carbonyl (C=O) groups is 1. The summed E-state index contributed by atoms with van der Waals surface area (Å²) < 4.78 is 6.19. The van der Waals surface area contributed by atoms with Gasteiger partial charge in [-0.05, 0) is 42.0 Å². The molecular weight excluding hydrogens is 344 g/mol. The van der Waals surface area contributed by atoms with Crippen LogP contribution in [0.15, 0.2) is 53.0 Å². The molecule has 22 heavy (non-hydrogen) atoms. The fourth-order valence-electron chi connectivity index (χ4n) is 2.28. The fourth-order valence-corrected chi connectivity index (χ4v) is 2.73. The monoisotopic (exact) mass is 358 g/mol. The second kappa shape index (κ2) is 6.23. The molecule has 0 radical (unpaired) electrons. The number of H-pyrrole nitrogens is 1. The number of halogens is 1. The maximum absolute atomic E-state index is 12.2. The van der Waals surface area contributed by atoms with Crippen molar-refractivity contribution in [2.24, 2.45) is 0 Å². The molecule has 0 bridgehead atoms. The Labute approximate surface area is 136 Å². The number of methoxy groups -OCH3 is 1. The predicted molar refractivity (Wildman–Crippen MR) is 90.2 cm³/mol. The van der Waals surface area contributed by atoms with E-state index in [2.05, 4.69) is 26.2 Å². The Hall–Kier alpha value is -2.27. The molecule has 3 rings (SSSR count). The molecule has 0 aliphatic carbocycles. The average molecular weight is 359 g/mol. The molecule has 0 spiro atoms. The number of rotatable bonds is 4. The molecule has 0 aliphatic rings. The van der Waals surface area contributed by atoms with E-state index < -0.39 is 0 Å². The van der Waals surface area contributed by atoms with Crippen LogP contribution in [-0.4, -0.2) is 18.0 Å². The number of ether oxygens (including phenoxy) is 1. The number of fused-ring (bicyclic) bond motifs is 1. The molecule has 112 valence electrons. The standard InChI is InChI=1S/C17H15BrN2O2/c1-22-14-5-6-15-12(8-14)9-16(20-15)17(21)19-10-11-3-2-4-13(18)7-11/h2-9,20H,10H2,1H3,(H,19,21). The van der Waals surface area contributed by atoms with Gasteiger partial charge in [0.25, 0.3) is 5.91 Å². The van der Waals surface area contributed by atoms with Gasteiger partial charge in [-0.15, -0.1) is 0 Å². The first-order chi connectivity index (χ1) is 10.7. The smallest absolute Gasteiger partial charge is 0.267 e. The van der Waals surface area contributed by atoms with Crippen LogP contribution >= 0.6 is 15.9 Å². The number of aromatic amines is 1. The molecule has 1 aromatic heterocycles. The molecule has 2 aromatic carbocycles. The van der Waals surface area contributed by atoms with Crippen LogP contribution in [-0.2, 0) is 6.54 Å². The van der Waals surface area contributed by atoms with Crippen molar-refractivity contribution in [1.82, 2.24) is 10.3 Å². The van der Waals surface area contributed by atoms with Gasteiger partial charge in [0.05, 0.1) is 7.11 Å². The van der Waals surface area contributed by atoms with E-state index >= 15 is 0 Å². The van der Waals surface area contributed by atoms with Crippen molar-refractivity contribution in [3.8, 4) is 5.75 Å². The van der Waals surface area contributed by atoms with Gasteiger partial charge in [0, 0.05) is 21.9 Å². The highest BCUT2D eigenvalue weighted by molar-refractivity contribution is 9.10. The van der Waals surface area contributed by atoms with Gasteiger partial charge in [0.15, 0.2) is 0 Å². The second-order valence-electron chi connectivity index (χ2n) is 4.95. The molecule has 3 aromatic rings. The van der Waals surface area contributed by atoms with Crippen LogP contribution in [0, 0.1) is 0 Å². The summed E-state index contributed by atoms with van der Waals surface area (Å²) >= 11 is 3.42. The van der Waals surface area contributed by atoms with Crippen molar-refractivity contribution >= 4 is 32.7 Å². The molecule has 0 saturated carbocycles. The molecule has 4 nitrogen and oxygen atoms in total. The topological polar surface area (TPSA) is 54.1 Å². The van der Waals surface area contributed by atoms with Crippen LogP contribution in [0.5, 0.6) is 5.75 Å². The Kier molecular flexibility index (Phi) is 4.15. The lowest BCUT2D eigenvalue weighted by Gasteiger charge is -2.04. The van der Waals surface area contributed by atoms with Gasteiger partial charge in [-0.2, -0.15) is 0 Å². The number of nitrogens with one attached hydrogen (secondary N) is 2. The van der Waals surface area contributed by atoms with Crippen molar-refractivity contribution in [3.05, 3.63) is 64.3 Å². The van der Waals surface area contributed by atoms with Crippen molar-refractivity contribution in [2.75, 3.05) is 7.11 Å². The fraction of sp³-hybridized carbons (Fsp3) is 0.118. The Balaban J connectivity index is 1.74. The average Bonchev–Trinajstić information content (AvgIpc) is 2.95. The van der Waals surface area contributed by atoms with E-state index in [0.717, 1.165) is 26.7 Å². The third-order valence-electron chi connectivity index (χ3n) is 3.41.